The Kier molecular flexibility index (Phi) is 5.20. The van der Waals surface area contributed by atoms with Gasteiger partial charge >= 0.3 is 0 Å². The van der Waals surface area contributed by atoms with Gasteiger partial charge in [0.2, 0.25) is 5.91 Å². The molecule has 2 amide bonds. The molecule has 2 aliphatic heterocycles. The fourth-order valence-corrected chi connectivity index (χ4v) is 4.46. The summed E-state index contributed by atoms with van der Waals surface area (Å²) < 4.78 is 0. The highest BCUT2D eigenvalue weighted by Crippen LogP contribution is 2.35. The number of piperazine rings is 1. The van der Waals surface area contributed by atoms with Crippen molar-refractivity contribution in [2.45, 2.75) is 71.6 Å². The molecule has 1 aliphatic carbocycles. The summed E-state index contributed by atoms with van der Waals surface area (Å²) in [7, 11) is 0. The molecule has 1 N–H and O–H groups in total. The van der Waals surface area contributed by atoms with Gasteiger partial charge in [0.05, 0.1) is 12.1 Å². The summed E-state index contributed by atoms with van der Waals surface area (Å²) in [6, 6.07) is 0.373. The van der Waals surface area contributed by atoms with E-state index in [2.05, 4.69) is 29.3 Å². The van der Waals surface area contributed by atoms with Gasteiger partial charge in [0, 0.05) is 19.0 Å². The number of fused-ring (bicyclic) bond motifs is 3. The molecular weight excluding hydrogens is 318 g/mol. The zero-order chi connectivity index (χ0) is 18.1. The van der Waals surface area contributed by atoms with Crippen molar-refractivity contribution < 1.29 is 9.59 Å². The summed E-state index contributed by atoms with van der Waals surface area (Å²) in [5.74, 6) is 1.28. The van der Waals surface area contributed by atoms with Gasteiger partial charge in [-0.05, 0) is 26.7 Å². The number of amidine groups is 1. The molecule has 140 valence electrons. The first kappa shape index (κ1) is 18.0. The first-order valence-corrected chi connectivity index (χ1v) is 9.69. The van der Waals surface area contributed by atoms with E-state index in [-0.39, 0.29) is 36.4 Å². The molecule has 0 radical (unpaired) electrons. The van der Waals surface area contributed by atoms with Crippen molar-refractivity contribution in [1.82, 2.24) is 20.1 Å². The number of likely N-dealkylation sites (N-methyl/N-ethyl adjacent to an activating group) is 1. The van der Waals surface area contributed by atoms with Crippen LogP contribution in [0.4, 0.5) is 0 Å². The lowest BCUT2D eigenvalue weighted by Gasteiger charge is -2.51. The van der Waals surface area contributed by atoms with Crippen LogP contribution in [-0.2, 0) is 9.59 Å². The van der Waals surface area contributed by atoms with Crippen LogP contribution < -0.4 is 5.43 Å². The fraction of sp³-hybridized carbons (Fsp3) is 0.833. The average molecular weight is 349 g/mol. The quantitative estimate of drug-likeness (QED) is 0.810. The Balaban J connectivity index is 1.84. The van der Waals surface area contributed by atoms with Gasteiger partial charge in [0.15, 0.2) is 6.17 Å². The molecule has 0 aromatic heterocycles. The molecule has 3 rings (SSSR count). The second-order valence-corrected chi connectivity index (χ2v) is 7.51. The lowest BCUT2D eigenvalue weighted by molar-refractivity contribution is -0.154. The first-order chi connectivity index (χ1) is 12.0. The number of nitrogens with one attached hydrogen (secondary N) is 1. The highest BCUT2D eigenvalue weighted by Gasteiger charge is 2.51. The van der Waals surface area contributed by atoms with Gasteiger partial charge in [0.1, 0.15) is 12.4 Å². The Morgan fingerprint density at radius 1 is 1.24 bits per heavy atom. The molecule has 3 unspecified atom stereocenters. The summed E-state index contributed by atoms with van der Waals surface area (Å²) in [6.45, 7) is 9.73. The van der Waals surface area contributed by atoms with Gasteiger partial charge in [-0.3, -0.25) is 15.0 Å². The Bertz CT molecular complexity index is 558. The monoisotopic (exact) mass is 349 g/mol. The van der Waals surface area contributed by atoms with Gasteiger partial charge < -0.3 is 14.7 Å². The molecule has 0 bridgehead atoms. The molecule has 0 aromatic rings. The number of amides is 2. The van der Waals surface area contributed by atoms with Crippen LogP contribution in [-0.4, -0.2) is 70.2 Å². The number of carbonyl (C=O) groups excluding carboxylic acids is 2. The zero-order valence-corrected chi connectivity index (χ0v) is 15.9. The second-order valence-electron chi connectivity index (χ2n) is 7.51. The van der Waals surface area contributed by atoms with Gasteiger partial charge in [-0.1, -0.05) is 26.7 Å². The molecule has 0 spiro atoms. The van der Waals surface area contributed by atoms with E-state index in [4.69, 9.17) is 0 Å². The summed E-state index contributed by atoms with van der Waals surface area (Å²) >= 11 is 0. The van der Waals surface area contributed by atoms with Crippen molar-refractivity contribution in [3.63, 3.8) is 0 Å². The molecular formula is C18H31N5O2. The number of hydrogen-bond donors (Lipinski definition) is 1. The molecule has 3 atom stereocenters. The van der Waals surface area contributed by atoms with Gasteiger partial charge in [0.25, 0.3) is 5.91 Å². The summed E-state index contributed by atoms with van der Waals surface area (Å²) in [6.07, 6.45) is 3.86. The molecule has 0 aromatic carbocycles. The van der Waals surface area contributed by atoms with E-state index in [1.807, 2.05) is 18.7 Å². The van der Waals surface area contributed by atoms with Crippen LogP contribution in [0.3, 0.4) is 0 Å². The molecule has 7 heteroatoms. The third kappa shape index (κ3) is 3.09. The highest BCUT2D eigenvalue weighted by atomic mass is 16.2. The molecule has 3 aliphatic rings. The average Bonchev–Trinajstić information content (AvgIpc) is 3.05. The van der Waals surface area contributed by atoms with Crippen molar-refractivity contribution in [2.24, 2.45) is 11.0 Å². The summed E-state index contributed by atoms with van der Waals surface area (Å²) in [5, 5.41) is 4.45. The maximum Gasteiger partial charge on any atom is 0.268 e. The molecule has 7 nitrogen and oxygen atoms in total. The minimum atomic E-state index is -0.443. The normalized spacial score (nSPS) is 28.4. The number of hydrazone groups is 1. The standard InChI is InChI=1S/C18H31N5O2/c1-5-21(6-2)15(24)11-22-13-9-7-8-10-14(13)23-16(12(3)4)19-20-17(23)18(22)25/h12-14,17,20H,5-11H2,1-4H3. The number of carbonyl (C=O) groups is 2. The van der Waals surface area contributed by atoms with Gasteiger partial charge in [-0.2, -0.15) is 5.10 Å². The predicted octanol–water partition coefficient (Wildman–Crippen LogP) is 1.21. The second kappa shape index (κ2) is 7.22. The largest absolute Gasteiger partial charge is 0.342 e. The van der Waals surface area contributed by atoms with Gasteiger partial charge in [-0.25, -0.2) is 0 Å². The van der Waals surface area contributed by atoms with E-state index in [1.165, 1.54) is 6.42 Å². The minimum Gasteiger partial charge on any atom is -0.342 e. The van der Waals surface area contributed by atoms with Crippen LogP contribution in [0, 0.1) is 5.92 Å². The Labute approximate surface area is 150 Å². The maximum atomic E-state index is 13.1. The lowest BCUT2D eigenvalue weighted by Crippen LogP contribution is -2.70. The van der Waals surface area contributed by atoms with E-state index in [9.17, 15) is 9.59 Å². The van der Waals surface area contributed by atoms with Crippen molar-refractivity contribution in [3.05, 3.63) is 0 Å². The zero-order valence-electron chi connectivity index (χ0n) is 15.9. The van der Waals surface area contributed by atoms with E-state index in [1.54, 1.807) is 4.90 Å². The Morgan fingerprint density at radius 2 is 1.88 bits per heavy atom. The van der Waals surface area contributed by atoms with Crippen LogP contribution in [0.5, 0.6) is 0 Å². The topological polar surface area (TPSA) is 68.2 Å². The third-order valence-corrected chi connectivity index (χ3v) is 5.75. The molecule has 1 saturated heterocycles. The van der Waals surface area contributed by atoms with E-state index >= 15 is 0 Å². The molecule has 2 fully saturated rings. The van der Waals surface area contributed by atoms with E-state index in [0.29, 0.717) is 13.1 Å². The van der Waals surface area contributed by atoms with Crippen molar-refractivity contribution in [3.8, 4) is 0 Å². The van der Waals surface area contributed by atoms with Crippen LogP contribution in [0.15, 0.2) is 5.10 Å². The number of nitrogens with zero attached hydrogens (tertiary/aromatic N) is 4. The number of hydrogen-bond acceptors (Lipinski definition) is 5. The smallest absolute Gasteiger partial charge is 0.268 e. The molecule has 1 saturated carbocycles. The van der Waals surface area contributed by atoms with Gasteiger partial charge in [-0.15, -0.1) is 0 Å². The van der Waals surface area contributed by atoms with E-state index in [0.717, 1.165) is 25.1 Å². The third-order valence-electron chi connectivity index (χ3n) is 5.75. The minimum absolute atomic E-state index is 0.0111. The lowest BCUT2D eigenvalue weighted by atomic mass is 9.85. The molecule has 2 heterocycles. The van der Waals surface area contributed by atoms with Crippen LogP contribution in [0.1, 0.15) is 53.4 Å². The van der Waals surface area contributed by atoms with Crippen molar-refractivity contribution in [2.75, 3.05) is 19.6 Å². The Hall–Kier alpha value is -1.79. The molecule has 25 heavy (non-hydrogen) atoms. The predicted molar refractivity (Wildman–Crippen MR) is 96.7 cm³/mol. The summed E-state index contributed by atoms with van der Waals surface area (Å²) in [5.41, 5.74) is 3.03. The van der Waals surface area contributed by atoms with Crippen LogP contribution in [0.25, 0.3) is 0 Å². The highest BCUT2D eigenvalue weighted by molar-refractivity contribution is 5.96. The van der Waals surface area contributed by atoms with Crippen molar-refractivity contribution in [1.29, 1.82) is 0 Å². The summed E-state index contributed by atoms with van der Waals surface area (Å²) in [4.78, 5) is 31.6. The first-order valence-electron chi connectivity index (χ1n) is 9.69. The fourth-order valence-electron chi connectivity index (χ4n) is 4.46. The van der Waals surface area contributed by atoms with Crippen LogP contribution >= 0.6 is 0 Å². The number of rotatable bonds is 5. The SMILES string of the molecule is CCN(CC)C(=O)CN1C(=O)C2NN=C(C(C)C)N2C2CCCCC21. The van der Waals surface area contributed by atoms with E-state index < -0.39 is 6.17 Å². The Morgan fingerprint density at radius 3 is 2.48 bits per heavy atom. The van der Waals surface area contributed by atoms with Crippen LogP contribution in [0.2, 0.25) is 0 Å². The maximum absolute atomic E-state index is 13.1. The van der Waals surface area contributed by atoms with Crippen molar-refractivity contribution >= 4 is 17.6 Å².